The lowest BCUT2D eigenvalue weighted by atomic mass is 10.2. The topological polar surface area (TPSA) is 23.6 Å². The fourth-order valence-electron chi connectivity index (χ4n) is 2.26. The number of anilines is 1. The minimum absolute atomic E-state index is 0.0509. The van der Waals surface area contributed by atoms with Crippen LogP contribution in [0.4, 0.5) is 10.5 Å². The van der Waals surface area contributed by atoms with E-state index in [4.69, 9.17) is 23.2 Å². The summed E-state index contributed by atoms with van der Waals surface area (Å²) in [5.74, 6) is 0.555. The van der Waals surface area contributed by atoms with Crippen LogP contribution in [0.25, 0.3) is 0 Å². The van der Waals surface area contributed by atoms with Gasteiger partial charge in [0.05, 0.1) is 6.04 Å². The molecule has 0 radical (unpaired) electrons. The lowest BCUT2D eigenvalue weighted by molar-refractivity contribution is 0.223. The summed E-state index contributed by atoms with van der Waals surface area (Å²) in [6.45, 7) is 3.45. The molecule has 0 spiro atoms. The molecule has 1 heterocycles. The van der Waals surface area contributed by atoms with Crippen molar-refractivity contribution in [3.05, 3.63) is 29.3 Å². The zero-order valence-electron chi connectivity index (χ0n) is 10.3. The highest BCUT2D eigenvalue weighted by molar-refractivity contribution is 6.30. The van der Waals surface area contributed by atoms with Crippen LogP contribution in [0.1, 0.15) is 13.3 Å². The fourth-order valence-corrected chi connectivity index (χ4v) is 2.63. The quantitative estimate of drug-likeness (QED) is 0.776. The van der Waals surface area contributed by atoms with E-state index in [1.165, 1.54) is 0 Å². The highest BCUT2D eigenvalue weighted by Gasteiger charge is 2.36. The number of alkyl halides is 1. The molecule has 98 valence electrons. The van der Waals surface area contributed by atoms with Crippen molar-refractivity contribution in [3.63, 3.8) is 0 Å². The van der Waals surface area contributed by atoms with Gasteiger partial charge in [-0.05, 0) is 37.6 Å². The molecule has 1 aromatic rings. The predicted octanol–water partition coefficient (Wildman–Crippen LogP) is 3.60. The molecule has 1 unspecified atom stereocenters. The Bertz CT molecular complexity index is 422. The number of rotatable bonds is 4. The minimum Gasteiger partial charge on any atom is -0.323 e. The zero-order valence-corrected chi connectivity index (χ0v) is 11.8. The van der Waals surface area contributed by atoms with E-state index in [1.807, 2.05) is 28.9 Å². The largest absolute Gasteiger partial charge is 0.324 e. The Morgan fingerprint density at radius 3 is 2.56 bits per heavy atom. The van der Waals surface area contributed by atoms with Crippen LogP contribution in [-0.2, 0) is 0 Å². The van der Waals surface area contributed by atoms with Gasteiger partial charge in [-0.2, -0.15) is 0 Å². The monoisotopic (exact) mass is 286 g/mol. The summed E-state index contributed by atoms with van der Waals surface area (Å²) in [7, 11) is 0. The van der Waals surface area contributed by atoms with E-state index in [1.54, 1.807) is 12.1 Å². The smallest absolute Gasteiger partial charge is 0.323 e. The molecular formula is C13H16Cl2N2O. The number of carbonyl (C=O) groups excluding carboxylic acids is 1. The highest BCUT2D eigenvalue weighted by Crippen LogP contribution is 2.27. The van der Waals surface area contributed by atoms with Crippen molar-refractivity contribution in [2.24, 2.45) is 0 Å². The molecular weight excluding hydrogens is 271 g/mol. The van der Waals surface area contributed by atoms with Gasteiger partial charge in [0.15, 0.2) is 0 Å². The van der Waals surface area contributed by atoms with Crippen molar-refractivity contribution in [2.45, 2.75) is 19.4 Å². The summed E-state index contributed by atoms with van der Waals surface area (Å²) in [6.07, 6.45) is 0.798. The van der Waals surface area contributed by atoms with Crippen LogP contribution >= 0.6 is 23.2 Å². The summed E-state index contributed by atoms with van der Waals surface area (Å²) < 4.78 is 0. The average molecular weight is 287 g/mol. The fraction of sp³-hybridized carbons (Fsp3) is 0.462. The van der Waals surface area contributed by atoms with Crippen LogP contribution < -0.4 is 4.90 Å². The second kappa shape index (κ2) is 5.81. The van der Waals surface area contributed by atoms with Gasteiger partial charge in [0.1, 0.15) is 0 Å². The Labute approximate surface area is 117 Å². The second-order valence-corrected chi connectivity index (χ2v) is 5.11. The zero-order chi connectivity index (χ0) is 13.1. The molecule has 1 aliphatic heterocycles. The van der Waals surface area contributed by atoms with Crippen molar-refractivity contribution in [2.75, 3.05) is 23.9 Å². The number of amides is 2. The lowest BCUT2D eigenvalue weighted by Gasteiger charge is -2.22. The summed E-state index contributed by atoms with van der Waals surface area (Å²) in [5, 5.41) is 0.673. The first-order chi connectivity index (χ1) is 8.67. The third kappa shape index (κ3) is 2.57. The first kappa shape index (κ1) is 13.5. The van der Waals surface area contributed by atoms with Crippen molar-refractivity contribution >= 4 is 34.9 Å². The second-order valence-electron chi connectivity index (χ2n) is 4.30. The van der Waals surface area contributed by atoms with Gasteiger partial charge in [0, 0.05) is 29.7 Å². The molecule has 0 bridgehead atoms. The molecule has 0 saturated carbocycles. The van der Waals surface area contributed by atoms with Gasteiger partial charge in [-0.25, -0.2) is 4.79 Å². The summed E-state index contributed by atoms with van der Waals surface area (Å²) in [6, 6.07) is 7.56. The first-order valence-electron chi connectivity index (χ1n) is 6.07. The van der Waals surface area contributed by atoms with Crippen LogP contribution in [0, 0.1) is 0 Å². The molecule has 1 aromatic carbocycles. The van der Waals surface area contributed by atoms with Crippen molar-refractivity contribution in [1.29, 1.82) is 0 Å². The van der Waals surface area contributed by atoms with Gasteiger partial charge in [0.2, 0.25) is 0 Å². The number of hydrogen-bond donors (Lipinski definition) is 0. The third-order valence-electron chi connectivity index (χ3n) is 3.20. The number of likely N-dealkylation sites (N-methyl/N-ethyl adjacent to an activating group) is 1. The van der Waals surface area contributed by atoms with Crippen molar-refractivity contribution < 1.29 is 4.79 Å². The molecule has 18 heavy (non-hydrogen) atoms. The van der Waals surface area contributed by atoms with E-state index in [9.17, 15) is 4.79 Å². The number of carbonyl (C=O) groups is 1. The molecule has 0 aliphatic carbocycles. The van der Waals surface area contributed by atoms with Gasteiger partial charge in [-0.1, -0.05) is 11.6 Å². The molecule has 2 rings (SSSR count). The van der Waals surface area contributed by atoms with Gasteiger partial charge in [-0.3, -0.25) is 4.90 Å². The summed E-state index contributed by atoms with van der Waals surface area (Å²) in [4.78, 5) is 15.9. The number of halogens is 2. The third-order valence-corrected chi connectivity index (χ3v) is 3.67. The summed E-state index contributed by atoms with van der Waals surface area (Å²) in [5.41, 5.74) is 0.885. The van der Waals surface area contributed by atoms with Crippen LogP contribution in [0.3, 0.4) is 0 Å². The Kier molecular flexibility index (Phi) is 4.36. The number of urea groups is 1. The maximum atomic E-state index is 12.3. The maximum Gasteiger partial charge on any atom is 0.324 e. The Morgan fingerprint density at radius 1 is 1.33 bits per heavy atom. The first-order valence-corrected chi connectivity index (χ1v) is 6.98. The molecule has 1 aliphatic rings. The van der Waals surface area contributed by atoms with Crippen LogP contribution in [-0.4, -0.2) is 35.9 Å². The molecule has 3 nitrogen and oxygen atoms in total. The van der Waals surface area contributed by atoms with E-state index >= 15 is 0 Å². The predicted molar refractivity (Wildman–Crippen MR) is 75.7 cm³/mol. The van der Waals surface area contributed by atoms with E-state index in [-0.39, 0.29) is 12.1 Å². The number of nitrogens with zero attached hydrogens (tertiary/aromatic N) is 2. The van der Waals surface area contributed by atoms with Crippen LogP contribution in [0.5, 0.6) is 0 Å². The van der Waals surface area contributed by atoms with Crippen molar-refractivity contribution in [3.8, 4) is 0 Å². The molecule has 1 atom stereocenters. The molecule has 5 heteroatoms. The highest BCUT2D eigenvalue weighted by atomic mass is 35.5. The maximum absolute atomic E-state index is 12.3. The Morgan fingerprint density at radius 2 is 2.00 bits per heavy atom. The Balaban J connectivity index is 2.27. The lowest BCUT2D eigenvalue weighted by Crippen LogP contribution is -2.35. The molecule has 1 fully saturated rings. The SMILES string of the molecule is CCN1CC(CCCl)N(c2ccc(Cl)cc2)C1=O. The average Bonchev–Trinajstić information content (AvgIpc) is 2.68. The number of benzene rings is 1. The van der Waals surface area contributed by atoms with Gasteiger partial charge in [0.25, 0.3) is 0 Å². The molecule has 2 amide bonds. The van der Waals surface area contributed by atoms with E-state index in [2.05, 4.69) is 0 Å². The van der Waals surface area contributed by atoms with Crippen LogP contribution in [0.15, 0.2) is 24.3 Å². The van der Waals surface area contributed by atoms with Gasteiger partial charge < -0.3 is 4.90 Å². The van der Waals surface area contributed by atoms with E-state index < -0.39 is 0 Å². The van der Waals surface area contributed by atoms with Crippen LogP contribution in [0.2, 0.25) is 5.02 Å². The van der Waals surface area contributed by atoms with Gasteiger partial charge >= 0.3 is 6.03 Å². The van der Waals surface area contributed by atoms with Crippen molar-refractivity contribution in [1.82, 2.24) is 4.90 Å². The van der Waals surface area contributed by atoms with E-state index in [0.717, 1.165) is 25.2 Å². The normalized spacial score (nSPS) is 19.7. The number of hydrogen-bond acceptors (Lipinski definition) is 1. The van der Waals surface area contributed by atoms with E-state index in [0.29, 0.717) is 10.9 Å². The molecule has 0 N–H and O–H groups in total. The van der Waals surface area contributed by atoms with Gasteiger partial charge in [-0.15, -0.1) is 11.6 Å². The molecule has 0 aromatic heterocycles. The minimum atomic E-state index is 0.0509. The molecule has 1 saturated heterocycles. The summed E-state index contributed by atoms with van der Waals surface area (Å²) >= 11 is 11.7. The standard InChI is InChI=1S/C13H16Cl2N2O/c1-2-16-9-12(7-8-14)17(13(16)18)11-5-3-10(15)4-6-11/h3-6,12H,2,7-9H2,1H3. The Hall–Kier alpha value is -0.930.